The van der Waals surface area contributed by atoms with Crippen molar-refractivity contribution >= 4 is 11.6 Å². The molecule has 0 aliphatic carbocycles. The Morgan fingerprint density at radius 2 is 2.26 bits per heavy atom. The summed E-state index contributed by atoms with van der Waals surface area (Å²) >= 11 is 0. The van der Waals surface area contributed by atoms with Crippen LogP contribution < -0.4 is 15.4 Å². The van der Waals surface area contributed by atoms with E-state index in [4.69, 9.17) is 4.74 Å². The van der Waals surface area contributed by atoms with Gasteiger partial charge in [0.25, 0.3) is 0 Å². The summed E-state index contributed by atoms with van der Waals surface area (Å²) in [6.45, 7) is 3.45. The molecular formula is C17H22N4O2. The van der Waals surface area contributed by atoms with E-state index in [9.17, 15) is 4.79 Å². The number of aryl methyl sites for hydroxylation is 2. The number of nitrogens with zero attached hydrogens (tertiary/aromatic N) is 2. The lowest BCUT2D eigenvalue weighted by atomic mass is 9.90. The largest absolute Gasteiger partial charge is 0.495 e. The molecule has 0 unspecified atom stereocenters. The third-order valence-corrected chi connectivity index (χ3v) is 4.32. The fraction of sp³-hybridized carbons (Fsp3) is 0.412. The summed E-state index contributed by atoms with van der Waals surface area (Å²) in [6.07, 6.45) is 3.81. The molecule has 0 radical (unpaired) electrons. The minimum atomic E-state index is -0.120. The van der Waals surface area contributed by atoms with Gasteiger partial charge in [0.2, 0.25) is 5.91 Å². The number of hydrogen-bond donors (Lipinski definition) is 2. The van der Waals surface area contributed by atoms with Gasteiger partial charge in [0.1, 0.15) is 5.75 Å². The Bertz CT molecular complexity index is 710. The van der Waals surface area contributed by atoms with Crippen LogP contribution in [0.2, 0.25) is 0 Å². The van der Waals surface area contributed by atoms with Crippen LogP contribution in [0.5, 0.6) is 5.75 Å². The summed E-state index contributed by atoms with van der Waals surface area (Å²) in [5.41, 5.74) is 2.89. The fourth-order valence-electron chi connectivity index (χ4n) is 3.06. The van der Waals surface area contributed by atoms with Gasteiger partial charge < -0.3 is 15.4 Å². The molecule has 2 aromatic rings. The molecule has 23 heavy (non-hydrogen) atoms. The van der Waals surface area contributed by atoms with E-state index in [0.29, 0.717) is 18.0 Å². The second kappa shape index (κ2) is 6.42. The maximum atomic E-state index is 12.7. The van der Waals surface area contributed by atoms with Crippen molar-refractivity contribution in [1.29, 1.82) is 0 Å². The number of nitrogens with one attached hydrogen (secondary N) is 2. The molecule has 1 aliphatic heterocycles. The van der Waals surface area contributed by atoms with Crippen molar-refractivity contribution < 1.29 is 9.53 Å². The summed E-state index contributed by atoms with van der Waals surface area (Å²) in [6, 6.07) is 5.76. The van der Waals surface area contributed by atoms with Crippen molar-refractivity contribution in [2.75, 3.05) is 25.5 Å². The highest BCUT2D eigenvalue weighted by Gasteiger charge is 2.35. The topological polar surface area (TPSA) is 68.2 Å². The van der Waals surface area contributed by atoms with Crippen LogP contribution in [0, 0.1) is 12.8 Å². The zero-order chi connectivity index (χ0) is 16.4. The van der Waals surface area contributed by atoms with E-state index < -0.39 is 0 Å². The van der Waals surface area contributed by atoms with Crippen molar-refractivity contribution in [1.82, 2.24) is 15.1 Å². The first-order valence-electron chi connectivity index (χ1n) is 7.73. The van der Waals surface area contributed by atoms with Crippen LogP contribution in [0.4, 0.5) is 5.69 Å². The minimum Gasteiger partial charge on any atom is -0.495 e. The molecule has 2 heterocycles. The van der Waals surface area contributed by atoms with Crippen LogP contribution in [0.1, 0.15) is 17.0 Å². The summed E-state index contributed by atoms with van der Waals surface area (Å²) in [4.78, 5) is 12.7. The summed E-state index contributed by atoms with van der Waals surface area (Å²) in [5.74, 6) is 0.707. The van der Waals surface area contributed by atoms with E-state index >= 15 is 0 Å². The first kappa shape index (κ1) is 15.6. The van der Waals surface area contributed by atoms with Gasteiger partial charge >= 0.3 is 0 Å². The van der Waals surface area contributed by atoms with E-state index in [1.807, 2.05) is 44.6 Å². The maximum absolute atomic E-state index is 12.7. The van der Waals surface area contributed by atoms with Crippen molar-refractivity contribution in [3.05, 3.63) is 41.7 Å². The zero-order valence-electron chi connectivity index (χ0n) is 13.7. The van der Waals surface area contributed by atoms with E-state index in [1.165, 1.54) is 0 Å². The van der Waals surface area contributed by atoms with Gasteiger partial charge in [-0.15, -0.1) is 0 Å². The molecule has 1 aromatic carbocycles. The average molecular weight is 314 g/mol. The van der Waals surface area contributed by atoms with Crippen LogP contribution in [0.15, 0.2) is 30.6 Å². The summed E-state index contributed by atoms with van der Waals surface area (Å²) < 4.78 is 7.13. The van der Waals surface area contributed by atoms with E-state index in [0.717, 1.165) is 17.7 Å². The number of aromatic nitrogens is 2. The lowest BCUT2D eigenvalue weighted by molar-refractivity contribution is -0.119. The van der Waals surface area contributed by atoms with Crippen molar-refractivity contribution in [2.24, 2.45) is 13.0 Å². The number of anilines is 1. The standard InChI is InChI=1S/C17H22N4O2/c1-11-4-5-15(16(6-11)23-3)20-17(22)14-9-18-8-13(14)12-7-19-21(2)10-12/h4-7,10,13-14,18H,8-9H2,1-3H3,(H,20,22)/t13-,14+/m1/s1. The van der Waals surface area contributed by atoms with Crippen LogP contribution >= 0.6 is 0 Å². The predicted octanol–water partition coefficient (Wildman–Crippen LogP) is 1.68. The molecular weight excluding hydrogens is 292 g/mol. The van der Waals surface area contributed by atoms with Gasteiger partial charge in [-0.1, -0.05) is 6.07 Å². The van der Waals surface area contributed by atoms with Crippen LogP contribution in [0.25, 0.3) is 0 Å². The lowest BCUT2D eigenvalue weighted by Crippen LogP contribution is -2.28. The Morgan fingerprint density at radius 3 is 2.96 bits per heavy atom. The smallest absolute Gasteiger partial charge is 0.229 e. The lowest BCUT2D eigenvalue weighted by Gasteiger charge is -2.18. The monoisotopic (exact) mass is 314 g/mol. The number of amides is 1. The molecule has 0 saturated carbocycles. The molecule has 6 heteroatoms. The van der Waals surface area contributed by atoms with Gasteiger partial charge in [0.15, 0.2) is 0 Å². The Labute approximate surface area is 135 Å². The number of hydrogen-bond acceptors (Lipinski definition) is 4. The highest BCUT2D eigenvalue weighted by atomic mass is 16.5. The molecule has 1 aromatic heterocycles. The van der Waals surface area contributed by atoms with Gasteiger partial charge in [-0.25, -0.2) is 0 Å². The second-order valence-corrected chi connectivity index (χ2v) is 6.01. The van der Waals surface area contributed by atoms with Crippen molar-refractivity contribution in [3.8, 4) is 5.75 Å². The van der Waals surface area contributed by atoms with Crippen LogP contribution in [-0.2, 0) is 11.8 Å². The Morgan fingerprint density at radius 1 is 1.43 bits per heavy atom. The molecule has 122 valence electrons. The first-order chi connectivity index (χ1) is 11.1. The Kier molecular flexibility index (Phi) is 4.34. The molecule has 1 fully saturated rings. The van der Waals surface area contributed by atoms with Crippen LogP contribution in [-0.4, -0.2) is 35.9 Å². The molecule has 1 amide bonds. The minimum absolute atomic E-state index is 0.00556. The molecule has 3 rings (SSSR count). The zero-order valence-corrected chi connectivity index (χ0v) is 13.7. The van der Waals surface area contributed by atoms with E-state index in [2.05, 4.69) is 15.7 Å². The van der Waals surface area contributed by atoms with Crippen molar-refractivity contribution in [3.63, 3.8) is 0 Å². The van der Waals surface area contributed by atoms with Crippen molar-refractivity contribution in [2.45, 2.75) is 12.8 Å². The number of rotatable bonds is 4. The highest BCUT2D eigenvalue weighted by molar-refractivity contribution is 5.95. The molecule has 0 spiro atoms. The van der Waals surface area contributed by atoms with Gasteiger partial charge in [-0.3, -0.25) is 9.48 Å². The average Bonchev–Trinajstić information content (AvgIpc) is 3.17. The quantitative estimate of drug-likeness (QED) is 0.901. The number of carbonyl (C=O) groups is 1. The van der Waals surface area contributed by atoms with Gasteiger partial charge in [-0.2, -0.15) is 5.10 Å². The Balaban J connectivity index is 1.77. The molecule has 2 N–H and O–H groups in total. The Hall–Kier alpha value is -2.34. The number of methoxy groups -OCH3 is 1. The number of benzene rings is 1. The highest BCUT2D eigenvalue weighted by Crippen LogP contribution is 2.31. The molecule has 1 saturated heterocycles. The number of carbonyl (C=O) groups excluding carboxylic acids is 1. The molecule has 2 atom stereocenters. The maximum Gasteiger partial charge on any atom is 0.229 e. The van der Waals surface area contributed by atoms with Gasteiger partial charge in [0.05, 0.1) is 24.9 Å². The third kappa shape index (κ3) is 3.22. The molecule has 0 bridgehead atoms. The normalized spacial score (nSPS) is 20.5. The summed E-state index contributed by atoms with van der Waals surface area (Å²) in [7, 11) is 3.50. The van der Waals surface area contributed by atoms with Gasteiger partial charge in [0, 0.05) is 32.3 Å². The van der Waals surface area contributed by atoms with E-state index in [1.54, 1.807) is 11.8 Å². The number of ether oxygens (including phenoxy) is 1. The SMILES string of the molecule is COc1cc(C)ccc1NC(=O)[C@H]1CNC[C@@H]1c1cnn(C)c1. The fourth-order valence-corrected chi connectivity index (χ4v) is 3.06. The summed E-state index contributed by atoms with van der Waals surface area (Å²) in [5, 5.41) is 10.5. The van der Waals surface area contributed by atoms with Gasteiger partial charge in [-0.05, 0) is 30.2 Å². The van der Waals surface area contributed by atoms with E-state index in [-0.39, 0.29) is 17.7 Å². The second-order valence-electron chi connectivity index (χ2n) is 6.01. The molecule has 1 aliphatic rings. The predicted molar refractivity (Wildman–Crippen MR) is 88.7 cm³/mol. The third-order valence-electron chi connectivity index (χ3n) is 4.32. The van der Waals surface area contributed by atoms with Crippen LogP contribution in [0.3, 0.4) is 0 Å². The molecule has 6 nitrogen and oxygen atoms in total. The first-order valence-corrected chi connectivity index (χ1v) is 7.73.